The minimum absolute atomic E-state index is 0. The Morgan fingerprint density at radius 1 is 1.04 bits per heavy atom. The number of piperazine rings is 1. The number of amides is 2. The molecule has 2 aliphatic rings. The Hall–Kier alpha value is -1.36. The number of carbonyl (C=O) groups is 2. The highest BCUT2D eigenvalue weighted by molar-refractivity contribution is 14.0. The van der Waals surface area contributed by atoms with Gasteiger partial charge < -0.3 is 20.0 Å². The number of hydrogen-bond acceptors (Lipinski definition) is 4. The second kappa shape index (κ2) is 13.0. The third kappa shape index (κ3) is 7.94. The van der Waals surface area contributed by atoms with Crippen LogP contribution in [-0.4, -0.2) is 110 Å². The van der Waals surface area contributed by atoms with Gasteiger partial charge in [-0.25, -0.2) is 4.99 Å². The molecule has 0 radical (unpaired) electrons. The molecule has 2 saturated heterocycles. The van der Waals surface area contributed by atoms with E-state index in [1.165, 1.54) is 6.42 Å². The van der Waals surface area contributed by atoms with Gasteiger partial charge in [0.1, 0.15) is 6.54 Å². The molecule has 1 N–H and O–H groups in total. The predicted molar refractivity (Wildman–Crippen MR) is 123 cm³/mol. The molecule has 2 fully saturated rings. The molecule has 160 valence electrons. The Balaban J connectivity index is 0.00000392. The molecule has 0 aromatic carbocycles. The van der Waals surface area contributed by atoms with Gasteiger partial charge in [-0.3, -0.25) is 14.5 Å². The average Bonchev–Trinajstić information content (AvgIpc) is 2.69. The highest BCUT2D eigenvalue weighted by Gasteiger charge is 2.24. The van der Waals surface area contributed by atoms with E-state index < -0.39 is 0 Å². The normalized spacial score (nSPS) is 18.3. The van der Waals surface area contributed by atoms with Crippen LogP contribution in [0.2, 0.25) is 0 Å². The van der Waals surface area contributed by atoms with E-state index >= 15 is 0 Å². The second-order valence-electron chi connectivity index (χ2n) is 7.30. The number of carbonyl (C=O) groups excluding carboxylic acids is 2. The van der Waals surface area contributed by atoms with Crippen molar-refractivity contribution in [1.82, 2.24) is 24.9 Å². The van der Waals surface area contributed by atoms with Crippen LogP contribution in [0.5, 0.6) is 0 Å². The molecule has 0 unspecified atom stereocenters. The summed E-state index contributed by atoms with van der Waals surface area (Å²) in [5.41, 5.74) is 0. The lowest BCUT2D eigenvalue weighted by molar-refractivity contribution is -0.133. The van der Waals surface area contributed by atoms with Crippen LogP contribution in [0.25, 0.3) is 0 Å². The number of piperidine rings is 1. The van der Waals surface area contributed by atoms with Crippen molar-refractivity contribution < 1.29 is 9.59 Å². The van der Waals surface area contributed by atoms with E-state index in [-0.39, 0.29) is 42.3 Å². The minimum Gasteiger partial charge on any atom is -0.353 e. The monoisotopic (exact) mass is 506 g/mol. The van der Waals surface area contributed by atoms with Crippen molar-refractivity contribution in [3.05, 3.63) is 12.7 Å². The van der Waals surface area contributed by atoms with Gasteiger partial charge in [0.15, 0.2) is 5.96 Å². The fourth-order valence-electron chi connectivity index (χ4n) is 3.27. The Labute approximate surface area is 186 Å². The second-order valence-corrected chi connectivity index (χ2v) is 7.30. The summed E-state index contributed by atoms with van der Waals surface area (Å²) in [7, 11) is 3.46. The highest BCUT2D eigenvalue weighted by Crippen LogP contribution is 2.10. The zero-order valence-electron chi connectivity index (χ0n) is 17.2. The molecule has 0 spiro atoms. The summed E-state index contributed by atoms with van der Waals surface area (Å²) in [6, 6.07) is 0. The number of halogens is 1. The first-order chi connectivity index (χ1) is 13.0. The first kappa shape index (κ1) is 24.7. The zero-order valence-corrected chi connectivity index (χ0v) is 19.6. The number of guanidine groups is 1. The third-order valence-electron chi connectivity index (χ3n) is 5.01. The highest BCUT2D eigenvalue weighted by atomic mass is 127. The first-order valence-electron chi connectivity index (χ1n) is 9.85. The quantitative estimate of drug-likeness (QED) is 0.245. The maximum atomic E-state index is 12.4. The van der Waals surface area contributed by atoms with Gasteiger partial charge >= 0.3 is 0 Å². The molecule has 9 heteroatoms. The van der Waals surface area contributed by atoms with Crippen LogP contribution in [0.4, 0.5) is 0 Å². The molecule has 0 aromatic heterocycles. The lowest BCUT2D eigenvalue weighted by Gasteiger charge is -2.37. The molecule has 2 aliphatic heterocycles. The molecular formula is C19H35IN6O2. The van der Waals surface area contributed by atoms with Crippen LogP contribution in [-0.2, 0) is 9.59 Å². The molecule has 0 aliphatic carbocycles. The Morgan fingerprint density at radius 2 is 1.68 bits per heavy atom. The maximum Gasteiger partial charge on any atom is 0.243 e. The van der Waals surface area contributed by atoms with E-state index in [4.69, 9.17) is 0 Å². The number of hydrogen-bond donors (Lipinski definition) is 1. The standard InChI is InChI=1S/C19H34N6O2.HI/c1-4-8-20-19(21-15-17(26)22(2)3)25-13-11-23(12-14-25)16-18(27)24-9-6-5-7-10-24;/h4H,1,5-16H2,2-3H3,(H,20,21);1H. The fraction of sp³-hybridized carbons (Fsp3) is 0.737. The van der Waals surface area contributed by atoms with Gasteiger partial charge in [0.05, 0.1) is 6.54 Å². The number of rotatable bonds is 6. The van der Waals surface area contributed by atoms with Crippen molar-refractivity contribution in [2.75, 3.05) is 73.0 Å². The van der Waals surface area contributed by atoms with Gasteiger partial charge in [-0.2, -0.15) is 0 Å². The summed E-state index contributed by atoms with van der Waals surface area (Å²) < 4.78 is 0. The van der Waals surface area contributed by atoms with Crippen LogP contribution in [0, 0.1) is 0 Å². The van der Waals surface area contributed by atoms with E-state index in [1.54, 1.807) is 25.1 Å². The van der Waals surface area contributed by atoms with Gasteiger partial charge in [-0.1, -0.05) is 6.08 Å². The molecule has 0 saturated carbocycles. The maximum absolute atomic E-state index is 12.4. The third-order valence-corrected chi connectivity index (χ3v) is 5.01. The summed E-state index contributed by atoms with van der Waals surface area (Å²) in [6.45, 7) is 9.96. The Bertz CT molecular complexity index is 541. The summed E-state index contributed by atoms with van der Waals surface area (Å²) in [5.74, 6) is 0.948. The van der Waals surface area contributed by atoms with Crippen molar-refractivity contribution >= 4 is 41.8 Å². The van der Waals surface area contributed by atoms with E-state index in [0.29, 0.717) is 13.1 Å². The average molecular weight is 506 g/mol. The number of likely N-dealkylation sites (N-methyl/N-ethyl adjacent to an activating group) is 1. The molecular weight excluding hydrogens is 471 g/mol. The molecule has 0 bridgehead atoms. The summed E-state index contributed by atoms with van der Waals surface area (Å²) in [6.07, 6.45) is 5.26. The molecule has 0 atom stereocenters. The Kier molecular flexibility index (Phi) is 11.4. The van der Waals surface area contributed by atoms with Crippen molar-refractivity contribution in [1.29, 1.82) is 0 Å². The molecule has 2 heterocycles. The van der Waals surface area contributed by atoms with E-state index in [1.807, 2.05) is 4.90 Å². The summed E-state index contributed by atoms with van der Waals surface area (Å²) in [4.78, 5) is 36.6. The summed E-state index contributed by atoms with van der Waals surface area (Å²) in [5, 5.41) is 3.23. The first-order valence-corrected chi connectivity index (χ1v) is 9.85. The minimum atomic E-state index is -0.0290. The lowest BCUT2D eigenvalue weighted by atomic mass is 10.1. The van der Waals surface area contributed by atoms with Crippen LogP contribution < -0.4 is 5.32 Å². The van der Waals surface area contributed by atoms with Crippen LogP contribution in [0.15, 0.2) is 17.6 Å². The zero-order chi connectivity index (χ0) is 19.6. The van der Waals surface area contributed by atoms with Crippen molar-refractivity contribution in [3.8, 4) is 0 Å². The lowest BCUT2D eigenvalue weighted by Crippen LogP contribution is -2.54. The molecule has 28 heavy (non-hydrogen) atoms. The molecule has 2 rings (SSSR count). The van der Waals surface area contributed by atoms with Gasteiger partial charge in [-0.05, 0) is 19.3 Å². The van der Waals surface area contributed by atoms with Crippen LogP contribution in [0.3, 0.4) is 0 Å². The van der Waals surface area contributed by atoms with E-state index in [9.17, 15) is 9.59 Å². The van der Waals surface area contributed by atoms with Gasteiger partial charge in [0.2, 0.25) is 11.8 Å². The fourth-order valence-corrected chi connectivity index (χ4v) is 3.27. The Morgan fingerprint density at radius 3 is 2.25 bits per heavy atom. The van der Waals surface area contributed by atoms with Crippen molar-refractivity contribution in [2.45, 2.75) is 19.3 Å². The van der Waals surface area contributed by atoms with Gasteiger partial charge in [-0.15, -0.1) is 30.6 Å². The van der Waals surface area contributed by atoms with Crippen molar-refractivity contribution in [2.24, 2.45) is 4.99 Å². The van der Waals surface area contributed by atoms with Gasteiger partial charge in [0.25, 0.3) is 0 Å². The summed E-state index contributed by atoms with van der Waals surface area (Å²) >= 11 is 0. The molecule has 2 amide bonds. The molecule has 0 aromatic rings. The van der Waals surface area contributed by atoms with Gasteiger partial charge in [0, 0.05) is 59.9 Å². The molecule has 8 nitrogen and oxygen atoms in total. The van der Waals surface area contributed by atoms with Crippen molar-refractivity contribution in [3.63, 3.8) is 0 Å². The van der Waals surface area contributed by atoms with Crippen LogP contribution >= 0.6 is 24.0 Å². The SMILES string of the molecule is C=CCNC(=NCC(=O)N(C)C)N1CCN(CC(=O)N2CCCCC2)CC1.I. The van der Waals surface area contributed by atoms with Crippen LogP contribution in [0.1, 0.15) is 19.3 Å². The topological polar surface area (TPSA) is 71.5 Å². The van der Waals surface area contributed by atoms with E-state index in [0.717, 1.165) is 58.1 Å². The smallest absolute Gasteiger partial charge is 0.243 e. The number of nitrogens with zero attached hydrogens (tertiary/aromatic N) is 5. The number of nitrogens with one attached hydrogen (secondary N) is 1. The largest absolute Gasteiger partial charge is 0.353 e. The van der Waals surface area contributed by atoms with E-state index in [2.05, 4.69) is 26.7 Å². The number of aliphatic imine (C=N–C) groups is 1. The number of likely N-dealkylation sites (tertiary alicyclic amines) is 1. The predicted octanol–water partition coefficient (Wildman–Crippen LogP) is 0.454.